The maximum atomic E-state index is 9.90. The van der Waals surface area contributed by atoms with Crippen LogP contribution in [0.1, 0.15) is 25.7 Å². The molecule has 0 bridgehead atoms. The van der Waals surface area contributed by atoms with E-state index in [1.54, 1.807) is 0 Å². The van der Waals surface area contributed by atoms with Gasteiger partial charge in [-0.3, -0.25) is 0 Å². The van der Waals surface area contributed by atoms with Gasteiger partial charge >= 0.3 is 0 Å². The minimum atomic E-state index is -0.997. The van der Waals surface area contributed by atoms with E-state index < -0.39 is 11.4 Å². The first-order valence-corrected chi connectivity index (χ1v) is 4.79. The molecule has 0 unspecified atom stereocenters. The van der Waals surface area contributed by atoms with E-state index in [4.69, 9.17) is 14.6 Å². The highest BCUT2D eigenvalue weighted by molar-refractivity contribution is 4.91. The SMILES string of the molecule is OC[C@@]1(O)CCO[C@]2(CCCO2)C1. The lowest BCUT2D eigenvalue weighted by atomic mass is 9.88. The summed E-state index contributed by atoms with van der Waals surface area (Å²) in [6.07, 6.45) is 2.70. The monoisotopic (exact) mass is 188 g/mol. The van der Waals surface area contributed by atoms with Crippen LogP contribution in [0.4, 0.5) is 0 Å². The maximum Gasteiger partial charge on any atom is 0.171 e. The molecular weight excluding hydrogens is 172 g/mol. The molecule has 0 amide bonds. The van der Waals surface area contributed by atoms with Gasteiger partial charge in [-0.25, -0.2) is 0 Å². The molecule has 2 N–H and O–H groups in total. The van der Waals surface area contributed by atoms with Crippen molar-refractivity contribution in [1.82, 2.24) is 0 Å². The summed E-state index contributed by atoms with van der Waals surface area (Å²) in [7, 11) is 0. The van der Waals surface area contributed by atoms with Crippen LogP contribution in [0.3, 0.4) is 0 Å². The maximum absolute atomic E-state index is 9.90. The van der Waals surface area contributed by atoms with Crippen molar-refractivity contribution in [2.24, 2.45) is 0 Å². The van der Waals surface area contributed by atoms with E-state index >= 15 is 0 Å². The van der Waals surface area contributed by atoms with Gasteiger partial charge in [0.05, 0.1) is 25.4 Å². The van der Waals surface area contributed by atoms with Gasteiger partial charge in [0.2, 0.25) is 0 Å². The third kappa shape index (κ3) is 1.72. The van der Waals surface area contributed by atoms with E-state index in [2.05, 4.69) is 0 Å². The number of aliphatic hydroxyl groups excluding tert-OH is 1. The number of rotatable bonds is 1. The van der Waals surface area contributed by atoms with Crippen LogP contribution >= 0.6 is 0 Å². The largest absolute Gasteiger partial charge is 0.393 e. The van der Waals surface area contributed by atoms with Gasteiger partial charge in [-0.15, -0.1) is 0 Å². The first kappa shape index (κ1) is 9.40. The molecule has 0 radical (unpaired) electrons. The van der Waals surface area contributed by atoms with Crippen molar-refractivity contribution < 1.29 is 19.7 Å². The average Bonchev–Trinajstić information content (AvgIpc) is 2.53. The molecule has 0 aromatic heterocycles. The average molecular weight is 188 g/mol. The Hall–Kier alpha value is -0.160. The highest BCUT2D eigenvalue weighted by atomic mass is 16.7. The number of hydrogen-bond donors (Lipinski definition) is 2. The third-order valence-corrected chi connectivity index (χ3v) is 2.89. The molecule has 76 valence electrons. The molecule has 2 rings (SSSR count). The van der Waals surface area contributed by atoms with E-state index in [9.17, 15) is 5.11 Å². The van der Waals surface area contributed by atoms with Gasteiger partial charge in [0.1, 0.15) is 0 Å². The van der Waals surface area contributed by atoms with E-state index in [0.717, 1.165) is 12.8 Å². The summed E-state index contributed by atoms with van der Waals surface area (Å²) in [6, 6.07) is 0. The minimum Gasteiger partial charge on any atom is -0.393 e. The molecule has 0 aliphatic carbocycles. The van der Waals surface area contributed by atoms with Crippen molar-refractivity contribution in [3.05, 3.63) is 0 Å². The van der Waals surface area contributed by atoms with Gasteiger partial charge in [0.25, 0.3) is 0 Å². The lowest BCUT2D eigenvalue weighted by Gasteiger charge is -2.41. The first-order valence-electron chi connectivity index (χ1n) is 4.79. The van der Waals surface area contributed by atoms with Crippen molar-refractivity contribution in [1.29, 1.82) is 0 Å². The minimum absolute atomic E-state index is 0.207. The van der Waals surface area contributed by atoms with E-state index in [1.807, 2.05) is 0 Å². The summed E-state index contributed by atoms with van der Waals surface area (Å²) < 4.78 is 11.0. The summed E-state index contributed by atoms with van der Waals surface area (Å²) in [6.45, 7) is 0.958. The number of aliphatic hydroxyl groups is 2. The van der Waals surface area contributed by atoms with Crippen LogP contribution in [0.15, 0.2) is 0 Å². The van der Waals surface area contributed by atoms with Gasteiger partial charge in [-0.05, 0) is 6.42 Å². The second-order valence-electron chi connectivity index (χ2n) is 4.02. The Morgan fingerprint density at radius 2 is 1.92 bits per heavy atom. The van der Waals surface area contributed by atoms with Crippen molar-refractivity contribution >= 4 is 0 Å². The Labute approximate surface area is 77.5 Å². The predicted octanol–water partition coefficient (Wildman–Crippen LogP) is 0.0269. The van der Waals surface area contributed by atoms with Gasteiger partial charge in [0.15, 0.2) is 5.79 Å². The number of hydrogen-bond acceptors (Lipinski definition) is 4. The molecule has 13 heavy (non-hydrogen) atoms. The molecule has 2 heterocycles. The topological polar surface area (TPSA) is 58.9 Å². The molecule has 2 saturated heterocycles. The summed E-state index contributed by atoms with van der Waals surface area (Å²) in [5.41, 5.74) is -0.997. The zero-order valence-electron chi connectivity index (χ0n) is 7.66. The van der Waals surface area contributed by atoms with E-state index in [1.165, 1.54) is 0 Å². The van der Waals surface area contributed by atoms with Crippen molar-refractivity contribution in [2.75, 3.05) is 19.8 Å². The molecule has 0 aromatic rings. The number of ether oxygens (including phenoxy) is 2. The third-order valence-electron chi connectivity index (χ3n) is 2.89. The van der Waals surface area contributed by atoms with E-state index in [0.29, 0.717) is 26.1 Å². The van der Waals surface area contributed by atoms with Crippen molar-refractivity contribution in [3.63, 3.8) is 0 Å². The Balaban J connectivity index is 2.06. The van der Waals surface area contributed by atoms with E-state index in [-0.39, 0.29) is 6.61 Å². The first-order chi connectivity index (χ1) is 6.18. The van der Waals surface area contributed by atoms with Crippen LogP contribution < -0.4 is 0 Å². The van der Waals surface area contributed by atoms with Crippen LogP contribution in [0.25, 0.3) is 0 Å². The molecule has 4 heteroatoms. The van der Waals surface area contributed by atoms with Crippen LogP contribution in [0, 0.1) is 0 Å². The highest BCUT2D eigenvalue weighted by Crippen LogP contribution is 2.39. The predicted molar refractivity (Wildman–Crippen MR) is 45.1 cm³/mol. The lowest BCUT2D eigenvalue weighted by Crippen LogP contribution is -2.50. The van der Waals surface area contributed by atoms with Crippen LogP contribution in [0.5, 0.6) is 0 Å². The summed E-state index contributed by atoms with van der Waals surface area (Å²) in [5.74, 6) is -0.601. The highest BCUT2D eigenvalue weighted by Gasteiger charge is 2.47. The normalized spacial score (nSPS) is 45.7. The van der Waals surface area contributed by atoms with Gasteiger partial charge in [-0.1, -0.05) is 0 Å². The lowest BCUT2D eigenvalue weighted by molar-refractivity contribution is -0.273. The smallest absolute Gasteiger partial charge is 0.171 e. The fraction of sp³-hybridized carbons (Fsp3) is 1.00. The molecule has 2 aliphatic heterocycles. The second kappa shape index (κ2) is 3.20. The summed E-state index contributed by atoms with van der Waals surface area (Å²) in [4.78, 5) is 0. The fourth-order valence-electron chi connectivity index (χ4n) is 2.13. The van der Waals surface area contributed by atoms with Crippen LogP contribution in [-0.2, 0) is 9.47 Å². The molecular formula is C9H16O4. The molecule has 2 atom stereocenters. The molecule has 4 nitrogen and oxygen atoms in total. The molecule has 2 aliphatic rings. The molecule has 1 spiro atoms. The molecule has 0 aromatic carbocycles. The molecule has 2 fully saturated rings. The Morgan fingerprint density at radius 3 is 2.54 bits per heavy atom. The van der Waals surface area contributed by atoms with Crippen molar-refractivity contribution in [3.8, 4) is 0 Å². The Bertz CT molecular complexity index is 188. The second-order valence-corrected chi connectivity index (χ2v) is 4.02. The van der Waals surface area contributed by atoms with Gasteiger partial charge in [-0.2, -0.15) is 0 Å². The van der Waals surface area contributed by atoms with Crippen molar-refractivity contribution in [2.45, 2.75) is 37.1 Å². The zero-order chi connectivity index (χ0) is 9.36. The quantitative estimate of drug-likeness (QED) is 0.609. The fourth-order valence-corrected chi connectivity index (χ4v) is 2.13. The molecule has 0 saturated carbocycles. The Morgan fingerprint density at radius 1 is 1.15 bits per heavy atom. The Kier molecular flexibility index (Phi) is 2.32. The van der Waals surface area contributed by atoms with Gasteiger partial charge in [0, 0.05) is 19.3 Å². The summed E-state index contributed by atoms with van der Waals surface area (Å²) in [5, 5.41) is 18.9. The van der Waals surface area contributed by atoms with Crippen LogP contribution in [0.2, 0.25) is 0 Å². The zero-order valence-corrected chi connectivity index (χ0v) is 7.66. The standard InChI is InChI=1S/C9H16O4/c10-7-8(11)3-5-13-9(6-8)2-1-4-12-9/h10-11H,1-7H2/t8-,9-/m1/s1. The van der Waals surface area contributed by atoms with Crippen LogP contribution in [-0.4, -0.2) is 41.4 Å². The van der Waals surface area contributed by atoms with Gasteiger partial charge < -0.3 is 19.7 Å². The summed E-state index contributed by atoms with van der Waals surface area (Å²) >= 11 is 0.